The van der Waals surface area contributed by atoms with Crippen LogP contribution in [0.4, 0.5) is 5.69 Å². The summed E-state index contributed by atoms with van der Waals surface area (Å²) in [4.78, 5) is 24.4. The van der Waals surface area contributed by atoms with Crippen LogP contribution in [-0.2, 0) is 15.7 Å². The van der Waals surface area contributed by atoms with Gasteiger partial charge in [0, 0.05) is 17.8 Å². The first-order valence-corrected chi connectivity index (χ1v) is 9.25. The second kappa shape index (κ2) is 7.20. The lowest BCUT2D eigenvalue weighted by atomic mass is 9.89. The van der Waals surface area contributed by atoms with Gasteiger partial charge in [-0.1, -0.05) is 39.0 Å². The predicted molar refractivity (Wildman–Crippen MR) is 109 cm³/mol. The van der Waals surface area contributed by atoms with Crippen LogP contribution >= 0.6 is 0 Å². The van der Waals surface area contributed by atoms with E-state index in [9.17, 15) is 14.7 Å². The molecule has 0 fully saturated rings. The quantitative estimate of drug-likeness (QED) is 0.689. The van der Waals surface area contributed by atoms with Crippen molar-refractivity contribution in [2.24, 2.45) is 0 Å². The molecule has 3 aromatic rings. The number of benzene rings is 1. The van der Waals surface area contributed by atoms with E-state index in [2.05, 4.69) is 15.5 Å². The smallest absolute Gasteiger partial charge is 0.331 e. The number of amides is 1. The van der Waals surface area contributed by atoms with E-state index in [1.165, 1.54) is 30.9 Å². The zero-order chi connectivity index (χ0) is 21.4. The summed E-state index contributed by atoms with van der Waals surface area (Å²) in [5.41, 5.74) is 0.813. The molecule has 1 aromatic carbocycles. The molecule has 29 heavy (non-hydrogen) atoms. The van der Waals surface area contributed by atoms with E-state index in [0.29, 0.717) is 16.9 Å². The van der Waals surface area contributed by atoms with Gasteiger partial charge in [0.2, 0.25) is 0 Å². The Morgan fingerprint density at radius 1 is 1.03 bits per heavy atom. The highest BCUT2D eigenvalue weighted by atomic mass is 16.4. The number of carbonyl (C=O) groups is 2. The van der Waals surface area contributed by atoms with Gasteiger partial charge in [-0.15, -0.1) is 0 Å². The SMILES string of the molecule is CC(C)(C)c1nn(-c2ccccc2)cc1C(=O)Nc1cnn(C(C)(C)C(=O)O)c1. The third-order valence-electron chi connectivity index (χ3n) is 4.63. The van der Waals surface area contributed by atoms with Crippen molar-refractivity contribution < 1.29 is 14.7 Å². The summed E-state index contributed by atoms with van der Waals surface area (Å²) in [5, 5.41) is 20.9. The first-order valence-electron chi connectivity index (χ1n) is 9.25. The molecule has 2 heterocycles. The Bertz CT molecular complexity index is 1040. The van der Waals surface area contributed by atoms with Crippen LogP contribution in [0.2, 0.25) is 0 Å². The van der Waals surface area contributed by atoms with Crippen LogP contribution in [0, 0.1) is 0 Å². The second-order valence-corrected chi connectivity index (χ2v) is 8.41. The van der Waals surface area contributed by atoms with Crippen LogP contribution in [0.25, 0.3) is 5.69 Å². The molecule has 0 unspecified atom stereocenters. The Morgan fingerprint density at radius 2 is 1.69 bits per heavy atom. The fraction of sp³-hybridized carbons (Fsp3) is 0.333. The summed E-state index contributed by atoms with van der Waals surface area (Å²) in [6.07, 6.45) is 4.64. The third-order valence-corrected chi connectivity index (χ3v) is 4.63. The minimum Gasteiger partial charge on any atom is -0.479 e. The molecule has 1 amide bonds. The number of carboxylic acid groups (broad SMARTS) is 1. The molecule has 2 aromatic heterocycles. The Labute approximate surface area is 169 Å². The Balaban J connectivity index is 1.92. The maximum absolute atomic E-state index is 13.0. The minimum atomic E-state index is -1.22. The molecule has 0 saturated heterocycles. The molecular weight excluding hydrogens is 370 g/mol. The van der Waals surface area contributed by atoms with Gasteiger partial charge >= 0.3 is 5.97 Å². The van der Waals surface area contributed by atoms with E-state index in [-0.39, 0.29) is 11.3 Å². The van der Waals surface area contributed by atoms with Crippen molar-refractivity contribution in [3.05, 3.63) is 60.2 Å². The van der Waals surface area contributed by atoms with Crippen LogP contribution in [0.1, 0.15) is 50.7 Å². The Hall–Kier alpha value is -3.42. The molecule has 0 spiro atoms. The van der Waals surface area contributed by atoms with E-state index in [1.54, 1.807) is 10.9 Å². The third kappa shape index (κ3) is 4.06. The van der Waals surface area contributed by atoms with Crippen molar-refractivity contribution in [3.8, 4) is 5.69 Å². The van der Waals surface area contributed by atoms with Gasteiger partial charge in [-0.3, -0.25) is 9.48 Å². The highest BCUT2D eigenvalue weighted by Crippen LogP contribution is 2.26. The average molecular weight is 395 g/mol. The Kier molecular flexibility index (Phi) is 5.04. The summed E-state index contributed by atoms with van der Waals surface area (Å²) in [6.45, 7) is 9.06. The number of hydrogen-bond acceptors (Lipinski definition) is 4. The van der Waals surface area contributed by atoms with Crippen LogP contribution in [0.5, 0.6) is 0 Å². The highest BCUT2D eigenvalue weighted by molar-refractivity contribution is 6.05. The average Bonchev–Trinajstić information content (AvgIpc) is 3.29. The number of para-hydroxylation sites is 1. The molecule has 0 aliphatic rings. The monoisotopic (exact) mass is 395 g/mol. The van der Waals surface area contributed by atoms with Crippen molar-refractivity contribution >= 4 is 17.6 Å². The van der Waals surface area contributed by atoms with Gasteiger partial charge < -0.3 is 10.4 Å². The summed E-state index contributed by atoms with van der Waals surface area (Å²) in [5.74, 6) is -1.34. The summed E-state index contributed by atoms with van der Waals surface area (Å²) in [6, 6.07) is 9.57. The predicted octanol–water partition coefficient (Wildman–Crippen LogP) is 3.44. The Morgan fingerprint density at radius 3 is 2.28 bits per heavy atom. The van der Waals surface area contributed by atoms with Crippen molar-refractivity contribution in [3.63, 3.8) is 0 Å². The zero-order valence-corrected chi connectivity index (χ0v) is 17.2. The molecule has 0 saturated carbocycles. The number of carboxylic acids is 1. The van der Waals surface area contributed by atoms with Crippen LogP contribution < -0.4 is 5.32 Å². The fourth-order valence-corrected chi connectivity index (χ4v) is 2.80. The maximum Gasteiger partial charge on any atom is 0.331 e. The summed E-state index contributed by atoms with van der Waals surface area (Å²) >= 11 is 0. The topological polar surface area (TPSA) is 102 Å². The van der Waals surface area contributed by atoms with E-state index in [0.717, 1.165) is 5.69 Å². The molecular formula is C21H25N5O3. The zero-order valence-electron chi connectivity index (χ0n) is 17.2. The van der Waals surface area contributed by atoms with E-state index in [4.69, 9.17) is 0 Å². The second-order valence-electron chi connectivity index (χ2n) is 8.41. The van der Waals surface area contributed by atoms with Crippen molar-refractivity contribution in [2.45, 2.75) is 45.6 Å². The molecule has 0 aliphatic heterocycles. The summed E-state index contributed by atoms with van der Waals surface area (Å²) in [7, 11) is 0. The van der Waals surface area contributed by atoms with E-state index >= 15 is 0 Å². The molecule has 8 heteroatoms. The normalized spacial score (nSPS) is 12.0. The first kappa shape index (κ1) is 20.3. The first-order chi connectivity index (χ1) is 13.5. The number of nitrogens with one attached hydrogen (secondary N) is 1. The lowest BCUT2D eigenvalue weighted by Crippen LogP contribution is -2.35. The van der Waals surface area contributed by atoms with Gasteiger partial charge in [0.25, 0.3) is 5.91 Å². The van der Waals surface area contributed by atoms with Gasteiger partial charge in [-0.05, 0) is 26.0 Å². The van der Waals surface area contributed by atoms with Gasteiger partial charge in [0.1, 0.15) is 0 Å². The molecule has 0 aliphatic carbocycles. The number of anilines is 1. The number of aromatic nitrogens is 4. The number of rotatable bonds is 5. The van der Waals surface area contributed by atoms with Crippen molar-refractivity contribution in [2.75, 3.05) is 5.32 Å². The number of carbonyl (C=O) groups excluding carboxylic acids is 1. The van der Waals surface area contributed by atoms with Crippen molar-refractivity contribution in [1.29, 1.82) is 0 Å². The molecule has 2 N–H and O–H groups in total. The largest absolute Gasteiger partial charge is 0.479 e. The van der Waals surface area contributed by atoms with Gasteiger partial charge in [-0.2, -0.15) is 10.2 Å². The lowest BCUT2D eigenvalue weighted by molar-refractivity contribution is -0.146. The summed E-state index contributed by atoms with van der Waals surface area (Å²) < 4.78 is 3.00. The maximum atomic E-state index is 13.0. The van der Waals surface area contributed by atoms with Crippen LogP contribution in [0.15, 0.2) is 48.9 Å². The standard InChI is InChI=1S/C21H25N5O3/c1-20(2,3)17-16(13-25(24-17)15-9-7-6-8-10-15)18(27)23-14-11-22-26(12-14)21(4,5)19(28)29/h6-13H,1-5H3,(H,23,27)(H,28,29). The molecule has 8 nitrogen and oxygen atoms in total. The minimum absolute atomic E-state index is 0.329. The van der Waals surface area contributed by atoms with Crippen LogP contribution in [0.3, 0.4) is 0 Å². The molecule has 0 radical (unpaired) electrons. The molecule has 152 valence electrons. The van der Waals surface area contributed by atoms with E-state index in [1.807, 2.05) is 51.1 Å². The molecule has 0 bridgehead atoms. The van der Waals surface area contributed by atoms with Crippen LogP contribution in [-0.4, -0.2) is 36.5 Å². The molecule has 0 atom stereocenters. The van der Waals surface area contributed by atoms with E-state index < -0.39 is 11.5 Å². The van der Waals surface area contributed by atoms with Crippen molar-refractivity contribution in [1.82, 2.24) is 19.6 Å². The number of aliphatic carboxylic acids is 1. The van der Waals surface area contributed by atoms with Gasteiger partial charge in [0.15, 0.2) is 5.54 Å². The number of hydrogen-bond donors (Lipinski definition) is 2. The van der Waals surface area contributed by atoms with Gasteiger partial charge in [-0.25, -0.2) is 9.48 Å². The highest BCUT2D eigenvalue weighted by Gasteiger charge is 2.31. The lowest BCUT2D eigenvalue weighted by Gasteiger charge is -2.19. The number of nitrogens with zero attached hydrogens (tertiary/aromatic N) is 4. The van der Waals surface area contributed by atoms with Gasteiger partial charge in [0.05, 0.1) is 28.8 Å². The molecule has 3 rings (SSSR count). The fourth-order valence-electron chi connectivity index (χ4n) is 2.80.